The largest absolute Gasteiger partial charge is 0.368 e. The topological polar surface area (TPSA) is 46.3 Å². The Balaban J connectivity index is 2.28. The van der Waals surface area contributed by atoms with Crippen molar-refractivity contribution in [1.29, 1.82) is 0 Å². The molecule has 86 valence electrons. The van der Waals surface area contributed by atoms with Crippen LogP contribution < -0.4 is 10.6 Å². The zero-order valence-electron chi connectivity index (χ0n) is 8.57. The van der Waals surface area contributed by atoms with E-state index in [2.05, 4.69) is 0 Å². The summed E-state index contributed by atoms with van der Waals surface area (Å²) in [6.07, 6.45) is -0.863. The maximum Gasteiger partial charge on any atom is 0.240 e. The maximum atomic E-state index is 13.3. The maximum absolute atomic E-state index is 13.3. The molecule has 0 bridgehead atoms. The highest BCUT2D eigenvalue weighted by atomic mass is 35.5. The molecule has 2 N–H and O–H groups in total. The van der Waals surface area contributed by atoms with Gasteiger partial charge in [0.15, 0.2) is 0 Å². The van der Waals surface area contributed by atoms with E-state index in [1.54, 1.807) is 29.2 Å². The number of primary amides is 1. The van der Waals surface area contributed by atoms with E-state index in [1.807, 2.05) is 0 Å². The summed E-state index contributed by atoms with van der Waals surface area (Å²) in [5.74, 6) is -0.500. The summed E-state index contributed by atoms with van der Waals surface area (Å²) in [5, 5.41) is 0.558. The SMILES string of the molecule is NC(=O)C1CC(F)CN1c1cccc(Cl)c1. The Morgan fingerprint density at radius 3 is 2.94 bits per heavy atom. The molecule has 0 spiro atoms. The van der Waals surface area contributed by atoms with Gasteiger partial charge in [-0.25, -0.2) is 4.39 Å². The van der Waals surface area contributed by atoms with Crippen LogP contribution in [-0.4, -0.2) is 24.7 Å². The second kappa shape index (κ2) is 4.29. The van der Waals surface area contributed by atoms with E-state index >= 15 is 0 Å². The third-order valence-corrected chi connectivity index (χ3v) is 2.95. The third kappa shape index (κ3) is 2.11. The summed E-state index contributed by atoms with van der Waals surface area (Å²) in [5.41, 5.74) is 5.98. The molecule has 1 amide bonds. The molecule has 1 fully saturated rings. The summed E-state index contributed by atoms with van der Waals surface area (Å²) in [6, 6.07) is 6.41. The van der Waals surface area contributed by atoms with E-state index in [9.17, 15) is 9.18 Å². The fourth-order valence-electron chi connectivity index (χ4n) is 1.99. The zero-order chi connectivity index (χ0) is 11.7. The lowest BCUT2D eigenvalue weighted by atomic mass is 10.2. The average molecular weight is 243 g/mol. The Morgan fingerprint density at radius 2 is 2.31 bits per heavy atom. The second-order valence-corrected chi connectivity index (χ2v) is 4.32. The van der Waals surface area contributed by atoms with Gasteiger partial charge in [0.05, 0.1) is 6.54 Å². The first-order chi connectivity index (χ1) is 7.58. The number of alkyl halides is 1. The van der Waals surface area contributed by atoms with Gasteiger partial charge in [0.1, 0.15) is 12.2 Å². The van der Waals surface area contributed by atoms with E-state index in [-0.39, 0.29) is 13.0 Å². The second-order valence-electron chi connectivity index (χ2n) is 3.88. The lowest BCUT2D eigenvalue weighted by Gasteiger charge is -2.24. The molecule has 1 heterocycles. The van der Waals surface area contributed by atoms with Crippen LogP contribution in [0.15, 0.2) is 24.3 Å². The molecule has 0 radical (unpaired) electrons. The predicted molar refractivity (Wildman–Crippen MR) is 61.3 cm³/mol. The molecule has 2 atom stereocenters. The van der Waals surface area contributed by atoms with Crippen molar-refractivity contribution in [2.75, 3.05) is 11.4 Å². The minimum Gasteiger partial charge on any atom is -0.368 e. The van der Waals surface area contributed by atoms with Crippen molar-refractivity contribution in [3.05, 3.63) is 29.3 Å². The van der Waals surface area contributed by atoms with E-state index in [0.29, 0.717) is 5.02 Å². The Hall–Kier alpha value is -1.29. The monoisotopic (exact) mass is 242 g/mol. The number of benzene rings is 1. The highest BCUT2D eigenvalue weighted by molar-refractivity contribution is 6.30. The normalized spacial score (nSPS) is 24.8. The molecule has 1 aromatic rings. The van der Waals surface area contributed by atoms with E-state index < -0.39 is 18.1 Å². The summed E-state index contributed by atoms with van der Waals surface area (Å²) < 4.78 is 13.3. The Labute approximate surface area is 98.0 Å². The molecule has 1 saturated heterocycles. The van der Waals surface area contributed by atoms with Crippen molar-refractivity contribution in [2.45, 2.75) is 18.6 Å². The molecular weight excluding hydrogens is 231 g/mol. The van der Waals surface area contributed by atoms with Gasteiger partial charge in [-0.05, 0) is 18.2 Å². The standard InChI is InChI=1S/C11H12ClFN2O/c12-7-2-1-3-9(4-7)15-6-8(13)5-10(15)11(14)16/h1-4,8,10H,5-6H2,(H2,14,16). The van der Waals surface area contributed by atoms with Crippen LogP contribution in [0.25, 0.3) is 0 Å². The number of hydrogen-bond donors (Lipinski definition) is 1. The van der Waals surface area contributed by atoms with Crippen molar-refractivity contribution in [1.82, 2.24) is 0 Å². The molecular formula is C11H12ClFN2O. The number of anilines is 1. The molecule has 1 aliphatic heterocycles. The summed E-state index contributed by atoms with van der Waals surface area (Å²) in [4.78, 5) is 12.9. The summed E-state index contributed by atoms with van der Waals surface area (Å²) >= 11 is 5.85. The highest BCUT2D eigenvalue weighted by Gasteiger charge is 2.35. The van der Waals surface area contributed by atoms with Gasteiger partial charge in [0.25, 0.3) is 0 Å². The van der Waals surface area contributed by atoms with Gasteiger partial charge < -0.3 is 10.6 Å². The minimum atomic E-state index is -1.02. The van der Waals surface area contributed by atoms with Gasteiger partial charge in [-0.1, -0.05) is 17.7 Å². The number of hydrogen-bond acceptors (Lipinski definition) is 2. The average Bonchev–Trinajstić information content (AvgIpc) is 2.60. The van der Waals surface area contributed by atoms with E-state index in [1.165, 1.54) is 0 Å². The molecule has 3 nitrogen and oxygen atoms in total. The lowest BCUT2D eigenvalue weighted by Crippen LogP contribution is -2.40. The fourth-order valence-corrected chi connectivity index (χ4v) is 2.18. The number of carbonyl (C=O) groups is 1. The molecule has 5 heteroatoms. The number of halogens is 2. The number of carbonyl (C=O) groups excluding carboxylic acids is 1. The van der Waals surface area contributed by atoms with Crippen LogP contribution in [0.5, 0.6) is 0 Å². The van der Waals surface area contributed by atoms with Crippen LogP contribution in [0.2, 0.25) is 5.02 Å². The molecule has 0 aromatic heterocycles. The molecule has 0 aliphatic carbocycles. The molecule has 1 aromatic carbocycles. The number of amides is 1. The van der Waals surface area contributed by atoms with Gasteiger partial charge in [-0.3, -0.25) is 4.79 Å². The Bertz CT molecular complexity index is 413. The first kappa shape index (κ1) is 11.2. The summed E-state index contributed by atoms with van der Waals surface area (Å²) in [7, 11) is 0. The molecule has 2 rings (SSSR count). The number of rotatable bonds is 2. The van der Waals surface area contributed by atoms with E-state index in [4.69, 9.17) is 17.3 Å². The van der Waals surface area contributed by atoms with Crippen molar-refractivity contribution >= 4 is 23.2 Å². The van der Waals surface area contributed by atoms with Crippen molar-refractivity contribution in [2.24, 2.45) is 5.73 Å². The third-order valence-electron chi connectivity index (χ3n) is 2.72. The van der Waals surface area contributed by atoms with E-state index in [0.717, 1.165) is 5.69 Å². The minimum absolute atomic E-state index is 0.155. The Morgan fingerprint density at radius 1 is 1.56 bits per heavy atom. The van der Waals surface area contributed by atoms with Gasteiger partial charge in [0.2, 0.25) is 5.91 Å². The van der Waals surface area contributed by atoms with Crippen molar-refractivity contribution < 1.29 is 9.18 Å². The molecule has 16 heavy (non-hydrogen) atoms. The van der Waals surface area contributed by atoms with Crippen LogP contribution in [0.3, 0.4) is 0 Å². The van der Waals surface area contributed by atoms with Crippen LogP contribution >= 0.6 is 11.6 Å². The smallest absolute Gasteiger partial charge is 0.240 e. The number of nitrogens with two attached hydrogens (primary N) is 1. The molecule has 2 unspecified atom stereocenters. The van der Waals surface area contributed by atoms with Gasteiger partial charge in [0, 0.05) is 17.1 Å². The van der Waals surface area contributed by atoms with Crippen LogP contribution in [0, 0.1) is 0 Å². The van der Waals surface area contributed by atoms with Crippen LogP contribution in [-0.2, 0) is 4.79 Å². The van der Waals surface area contributed by atoms with Gasteiger partial charge >= 0.3 is 0 Å². The lowest BCUT2D eigenvalue weighted by molar-refractivity contribution is -0.119. The zero-order valence-corrected chi connectivity index (χ0v) is 9.32. The molecule has 1 aliphatic rings. The summed E-state index contributed by atoms with van der Waals surface area (Å²) in [6.45, 7) is 0.188. The van der Waals surface area contributed by atoms with Gasteiger partial charge in [-0.2, -0.15) is 0 Å². The fraction of sp³-hybridized carbons (Fsp3) is 0.364. The van der Waals surface area contributed by atoms with Gasteiger partial charge in [-0.15, -0.1) is 0 Å². The Kier molecular flexibility index (Phi) is 3.01. The van der Waals surface area contributed by atoms with Crippen molar-refractivity contribution in [3.8, 4) is 0 Å². The quantitative estimate of drug-likeness (QED) is 0.859. The molecule has 0 saturated carbocycles. The first-order valence-corrected chi connectivity index (χ1v) is 5.41. The number of nitrogens with zero attached hydrogens (tertiary/aromatic N) is 1. The first-order valence-electron chi connectivity index (χ1n) is 5.03. The van der Waals surface area contributed by atoms with Crippen molar-refractivity contribution in [3.63, 3.8) is 0 Å². The van der Waals surface area contributed by atoms with Crippen LogP contribution in [0.4, 0.5) is 10.1 Å². The van der Waals surface area contributed by atoms with Crippen LogP contribution in [0.1, 0.15) is 6.42 Å². The highest BCUT2D eigenvalue weighted by Crippen LogP contribution is 2.28. The predicted octanol–water partition coefficient (Wildman–Crippen LogP) is 1.74.